The number of carbonyl (C=O) groups is 1. The lowest BCUT2D eigenvalue weighted by Crippen LogP contribution is -2.39. The van der Waals surface area contributed by atoms with Crippen LogP contribution in [0.1, 0.15) is 26.6 Å². The molecule has 1 aromatic carbocycles. The molecule has 0 atom stereocenters. The molecule has 0 aliphatic heterocycles. The summed E-state index contributed by atoms with van der Waals surface area (Å²) in [5, 5.41) is 8.83. The number of nitrogens with zero attached hydrogens (tertiary/aromatic N) is 1. The van der Waals surface area contributed by atoms with E-state index in [1.54, 1.807) is 29.7 Å². The van der Waals surface area contributed by atoms with Gasteiger partial charge >= 0.3 is 5.97 Å². The average Bonchev–Trinajstić information content (AvgIpc) is 3.46. The van der Waals surface area contributed by atoms with Gasteiger partial charge in [-0.1, -0.05) is 18.2 Å². The number of methoxy groups -OCH3 is 1. The fourth-order valence-electron chi connectivity index (χ4n) is 2.73. The number of esters is 1. The first kappa shape index (κ1) is 23.9. The van der Waals surface area contributed by atoms with Crippen LogP contribution in [0.15, 0.2) is 69.6 Å². The Balaban J connectivity index is 0.00000320. The smallest absolute Gasteiger partial charge is 0.337 e. The summed E-state index contributed by atoms with van der Waals surface area (Å²) in [4.78, 5) is 17.6. The fraction of sp³-hybridized carbons (Fsp3) is 0.273. The number of ether oxygens (including phenoxy) is 1. The van der Waals surface area contributed by atoms with Crippen molar-refractivity contribution in [2.24, 2.45) is 4.99 Å². The summed E-state index contributed by atoms with van der Waals surface area (Å²) in [7, 11) is 1.38. The van der Waals surface area contributed by atoms with E-state index in [1.807, 2.05) is 24.3 Å². The number of carbonyl (C=O) groups excluding carboxylic acids is 1. The third-order valence-electron chi connectivity index (χ3n) is 4.28. The molecule has 0 aliphatic rings. The van der Waals surface area contributed by atoms with Crippen LogP contribution in [0.2, 0.25) is 0 Å². The molecule has 0 unspecified atom stereocenters. The highest BCUT2D eigenvalue weighted by atomic mass is 127. The molecule has 160 valence electrons. The van der Waals surface area contributed by atoms with Gasteiger partial charge in [0, 0.05) is 24.4 Å². The van der Waals surface area contributed by atoms with E-state index in [0.717, 1.165) is 43.2 Å². The van der Waals surface area contributed by atoms with Crippen LogP contribution in [-0.2, 0) is 24.1 Å². The maximum Gasteiger partial charge on any atom is 0.337 e. The molecule has 0 saturated heterocycles. The van der Waals surface area contributed by atoms with Crippen molar-refractivity contribution >= 4 is 47.2 Å². The number of nitrogens with one attached hydrogen (secondary N) is 2. The van der Waals surface area contributed by atoms with Gasteiger partial charge in [-0.25, -0.2) is 9.79 Å². The Kier molecular flexibility index (Phi) is 10.4. The molecular weight excluding hydrogens is 513 g/mol. The van der Waals surface area contributed by atoms with Gasteiger partial charge in [-0.2, -0.15) is 0 Å². The van der Waals surface area contributed by atoms with Gasteiger partial charge in [0.15, 0.2) is 5.96 Å². The largest absolute Gasteiger partial charge is 0.469 e. The Morgan fingerprint density at radius 2 is 1.83 bits per heavy atom. The highest BCUT2D eigenvalue weighted by Crippen LogP contribution is 2.09. The lowest BCUT2D eigenvalue weighted by atomic mass is 10.1. The van der Waals surface area contributed by atoms with Crippen LogP contribution in [-0.4, -0.2) is 32.1 Å². The molecule has 6 nitrogen and oxygen atoms in total. The molecule has 8 heteroatoms. The molecule has 3 aromatic rings. The second-order valence-electron chi connectivity index (χ2n) is 6.37. The maximum absolute atomic E-state index is 11.5. The van der Waals surface area contributed by atoms with Crippen molar-refractivity contribution in [3.63, 3.8) is 0 Å². The third kappa shape index (κ3) is 7.83. The summed E-state index contributed by atoms with van der Waals surface area (Å²) in [6.45, 7) is 2.03. The summed E-state index contributed by atoms with van der Waals surface area (Å²) in [5.74, 6) is 1.36. The van der Waals surface area contributed by atoms with E-state index in [9.17, 15) is 4.79 Å². The van der Waals surface area contributed by atoms with Crippen molar-refractivity contribution in [2.75, 3.05) is 20.2 Å². The monoisotopic (exact) mass is 539 g/mol. The number of aliphatic imine (C=N–C) groups is 1. The average molecular weight is 539 g/mol. The summed E-state index contributed by atoms with van der Waals surface area (Å²) >= 11 is 1.76. The number of halogens is 1. The number of guanidine groups is 1. The van der Waals surface area contributed by atoms with Crippen molar-refractivity contribution in [1.29, 1.82) is 0 Å². The van der Waals surface area contributed by atoms with Gasteiger partial charge in [-0.15, -0.1) is 35.3 Å². The maximum atomic E-state index is 11.5. The molecule has 0 spiro atoms. The van der Waals surface area contributed by atoms with Gasteiger partial charge < -0.3 is 19.8 Å². The zero-order valence-electron chi connectivity index (χ0n) is 16.8. The summed E-state index contributed by atoms with van der Waals surface area (Å²) in [5.41, 5.74) is 1.55. The van der Waals surface area contributed by atoms with Crippen LogP contribution in [0.5, 0.6) is 0 Å². The van der Waals surface area contributed by atoms with E-state index in [-0.39, 0.29) is 29.9 Å². The Hall–Kier alpha value is -2.33. The molecule has 2 N–H and O–H groups in total. The van der Waals surface area contributed by atoms with E-state index in [0.29, 0.717) is 12.1 Å². The predicted molar refractivity (Wildman–Crippen MR) is 131 cm³/mol. The van der Waals surface area contributed by atoms with Crippen molar-refractivity contribution in [2.45, 2.75) is 19.4 Å². The third-order valence-corrected chi connectivity index (χ3v) is 5.22. The molecule has 30 heavy (non-hydrogen) atoms. The minimum absolute atomic E-state index is 0. The van der Waals surface area contributed by atoms with Gasteiger partial charge in [-0.3, -0.25) is 0 Å². The van der Waals surface area contributed by atoms with Gasteiger partial charge in [0.25, 0.3) is 0 Å². The molecule has 2 aromatic heterocycles. The van der Waals surface area contributed by atoms with Crippen molar-refractivity contribution in [3.05, 3.63) is 81.9 Å². The summed E-state index contributed by atoms with van der Waals surface area (Å²) in [6, 6.07) is 15.3. The van der Waals surface area contributed by atoms with Crippen LogP contribution >= 0.6 is 35.3 Å². The second kappa shape index (κ2) is 13.1. The minimum atomic E-state index is -0.337. The zero-order valence-corrected chi connectivity index (χ0v) is 19.9. The molecule has 0 radical (unpaired) electrons. The summed E-state index contributed by atoms with van der Waals surface area (Å²) < 4.78 is 10.1. The van der Waals surface area contributed by atoms with Gasteiger partial charge in [0.05, 0.1) is 25.5 Å². The van der Waals surface area contributed by atoms with Crippen LogP contribution in [0.4, 0.5) is 0 Å². The molecule has 0 aliphatic carbocycles. The van der Waals surface area contributed by atoms with Crippen molar-refractivity contribution in [1.82, 2.24) is 10.6 Å². The number of rotatable bonds is 9. The van der Waals surface area contributed by atoms with E-state index >= 15 is 0 Å². The topological polar surface area (TPSA) is 75.9 Å². The number of benzene rings is 1. The predicted octanol–water partition coefficient (Wildman–Crippen LogP) is 4.27. The molecule has 3 rings (SSSR count). The van der Waals surface area contributed by atoms with E-state index in [4.69, 9.17) is 9.15 Å². The van der Waals surface area contributed by atoms with Crippen LogP contribution in [0.25, 0.3) is 0 Å². The van der Waals surface area contributed by atoms with E-state index in [1.165, 1.54) is 12.0 Å². The van der Waals surface area contributed by atoms with Crippen LogP contribution in [0.3, 0.4) is 0 Å². The Morgan fingerprint density at radius 3 is 2.47 bits per heavy atom. The second-order valence-corrected chi connectivity index (χ2v) is 7.40. The molecule has 0 amide bonds. The zero-order chi connectivity index (χ0) is 20.3. The van der Waals surface area contributed by atoms with Crippen LogP contribution in [0, 0.1) is 0 Å². The number of furan rings is 1. The highest BCUT2D eigenvalue weighted by Gasteiger charge is 2.05. The highest BCUT2D eigenvalue weighted by molar-refractivity contribution is 14.0. The SMILES string of the molecule is COC(=O)c1ccc(CN=C(NCCc2ccco2)NCCc2cccs2)cc1.I. The summed E-state index contributed by atoms with van der Waals surface area (Å²) in [6.07, 6.45) is 3.42. The standard InChI is InChI=1S/C22H25N3O3S.HI/c1-27-21(26)18-8-6-17(7-9-18)16-25-22(23-12-10-19-4-2-14-28-19)24-13-11-20-5-3-15-29-20;/h2-9,14-15H,10-13,16H2,1H3,(H2,23,24,25);1H. The normalized spacial score (nSPS) is 10.9. The number of hydrogen-bond acceptors (Lipinski definition) is 5. The van der Waals surface area contributed by atoms with Crippen molar-refractivity contribution in [3.8, 4) is 0 Å². The van der Waals surface area contributed by atoms with Crippen LogP contribution < -0.4 is 10.6 Å². The van der Waals surface area contributed by atoms with E-state index < -0.39 is 0 Å². The first-order chi connectivity index (χ1) is 14.2. The van der Waals surface area contributed by atoms with Gasteiger partial charge in [0.2, 0.25) is 0 Å². The first-order valence-corrected chi connectivity index (χ1v) is 10.4. The van der Waals surface area contributed by atoms with E-state index in [2.05, 4.69) is 33.1 Å². The fourth-order valence-corrected chi connectivity index (χ4v) is 3.44. The molecule has 0 bridgehead atoms. The van der Waals surface area contributed by atoms with Crippen molar-refractivity contribution < 1.29 is 13.9 Å². The minimum Gasteiger partial charge on any atom is -0.469 e. The lowest BCUT2D eigenvalue weighted by molar-refractivity contribution is 0.0600. The first-order valence-electron chi connectivity index (χ1n) is 9.49. The van der Waals surface area contributed by atoms with Gasteiger partial charge in [0.1, 0.15) is 5.76 Å². The Bertz CT molecular complexity index is 852. The Labute approximate surface area is 197 Å². The molecule has 0 saturated carbocycles. The molecule has 2 heterocycles. The molecule has 0 fully saturated rings. The number of hydrogen-bond donors (Lipinski definition) is 2. The Morgan fingerprint density at radius 1 is 1.07 bits per heavy atom. The van der Waals surface area contributed by atoms with Gasteiger partial charge in [-0.05, 0) is 47.7 Å². The lowest BCUT2D eigenvalue weighted by Gasteiger charge is -2.12. The quantitative estimate of drug-likeness (QED) is 0.184. The molecular formula is C22H26IN3O3S. The number of thiophene rings is 1.